The molecule has 3 heteroatoms. The van der Waals surface area contributed by atoms with Gasteiger partial charge in [0, 0.05) is 13.0 Å². The highest BCUT2D eigenvalue weighted by atomic mass is 16.2. The number of hydrogen-bond donors (Lipinski definition) is 1. The molecule has 0 unspecified atom stereocenters. The van der Waals surface area contributed by atoms with E-state index >= 15 is 0 Å². The van der Waals surface area contributed by atoms with Crippen molar-refractivity contribution in [1.82, 2.24) is 10.4 Å². The minimum Gasteiger partial charge on any atom is -0.274 e. The quantitative estimate of drug-likeness (QED) is 0.863. The summed E-state index contributed by atoms with van der Waals surface area (Å²) in [6.07, 6.45) is 3.88. The minimum atomic E-state index is 0.206. The highest BCUT2D eigenvalue weighted by molar-refractivity contribution is 5.76. The Morgan fingerprint density at radius 2 is 2.18 bits per heavy atom. The molecule has 1 heterocycles. The zero-order chi connectivity index (χ0) is 12.1. The lowest BCUT2D eigenvalue weighted by Gasteiger charge is -2.27. The molecule has 1 aliphatic heterocycles. The first-order chi connectivity index (χ1) is 8.29. The van der Waals surface area contributed by atoms with E-state index in [2.05, 4.69) is 36.6 Å². The normalized spacial score (nSPS) is 16.3. The fraction of sp³-hybridized carbons (Fsp3) is 0.500. The van der Waals surface area contributed by atoms with Crippen LogP contribution in [0, 0.1) is 0 Å². The summed E-state index contributed by atoms with van der Waals surface area (Å²) >= 11 is 0. The number of amides is 1. The number of nitrogens with zero attached hydrogens (tertiary/aromatic N) is 1. The fourth-order valence-electron chi connectivity index (χ4n) is 2.18. The Kier molecular flexibility index (Phi) is 4.15. The van der Waals surface area contributed by atoms with Gasteiger partial charge >= 0.3 is 0 Å². The van der Waals surface area contributed by atoms with Crippen molar-refractivity contribution in [2.75, 3.05) is 6.54 Å². The molecule has 1 amide bonds. The van der Waals surface area contributed by atoms with Gasteiger partial charge in [0.05, 0.1) is 6.54 Å². The highest BCUT2D eigenvalue weighted by Gasteiger charge is 2.17. The number of carbonyl (C=O) groups excluding carboxylic acids is 1. The van der Waals surface area contributed by atoms with Crippen LogP contribution in [0.1, 0.15) is 37.3 Å². The van der Waals surface area contributed by atoms with Gasteiger partial charge in [0.1, 0.15) is 0 Å². The molecule has 0 aliphatic carbocycles. The molecule has 0 spiro atoms. The topological polar surface area (TPSA) is 32.3 Å². The Labute approximate surface area is 103 Å². The van der Waals surface area contributed by atoms with Gasteiger partial charge in [-0.3, -0.25) is 9.80 Å². The Morgan fingerprint density at radius 3 is 2.94 bits per heavy atom. The van der Waals surface area contributed by atoms with Gasteiger partial charge in [0.25, 0.3) is 0 Å². The van der Waals surface area contributed by atoms with Gasteiger partial charge in [0.2, 0.25) is 5.91 Å². The lowest BCUT2D eigenvalue weighted by atomic mass is 10.1. The summed E-state index contributed by atoms with van der Waals surface area (Å²) in [5.41, 5.74) is 5.72. The van der Waals surface area contributed by atoms with Crippen molar-refractivity contribution in [3.63, 3.8) is 0 Å². The van der Waals surface area contributed by atoms with Crippen molar-refractivity contribution in [3.8, 4) is 0 Å². The number of rotatable bonds is 4. The van der Waals surface area contributed by atoms with E-state index in [1.54, 1.807) is 5.01 Å². The molecule has 1 aliphatic rings. The van der Waals surface area contributed by atoms with Crippen molar-refractivity contribution in [2.24, 2.45) is 0 Å². The number of carbonyl (C=O) groups is 1. The van der Waals surface area contributed by atoms with E-state index in [1.807, 2.05) is 0 Å². The van der Waals surface area contributed by atoms with Crippen LogP contribution in [0.2, 0.25) is 0 Å². The third-order valence-corrected chi connectivity index (χ3v) is 3.04. The van der Waals surface area contributed by atoms with Crippen molar-refractivity contribution in [1.29, 1.82) is 0 Å². The van der Waals surface area contributed by atoms with Gasteiger partial charge in [-0.1, -0.05) is 37.6 Å². The van der Waals surface area contributed by atoms with Crippen LogP contribution < -0.4 is 5.43 Å². The molecule has 0 saturated carbocycles. The molecule has 17 heavy (non-hydrogen) atoms. The molecule has 3 nitrogen and oxygen atoms in total. The van der Waals surface area contributed by atoms with E-state index < -0.39 is 0 Å². The molecule has 0 radical (unpaired) electrons. The van der Waals surface area contributed by atoms with Crippen LogP contribution in [0.4, 0.5) is 0 Å². The number of benzene rings is 1. The summed E-state index contributed by atoms with van der Waals surface area (Å²) in [7, 11) is 0. The van der Waals surface area contributed by atoms with Gasteiger partial charge in [0.15, 0.2) is 0 Å². The maximum absolute atomic E-state index is 11.7. The first kappa shape index (κ1) is 12.1. The standard InChI is InChI=1S/C14H20N2O/c1-2-5-12-6-3-7-13(10-12)11-16-14(17)8-4-9-15-16/h3,6-7,10,15H,2,4-5,8-9,11H2,1H3. The predicted octanol–water partition coefficient (Wildman–Crippen LogP) is 2.27. The smallest absolute Gasteiger partial charge is 0.237 e. The summed E-state index contributed by atoms with van der Waals surface area (Å²) in [4.78, 5) is 11.7. The molecule has 0 aromatic heterocycles. The molecule has 92 valence electrons. The summed E-state index contributed by atoms with van der Waals surface area (Å²) in [6.45, 7) is 3.76. The van der Waals surface area contributed by atoms with Gasteiger partial charge < -0.3 is 0 Å². The Hall–Kier alpha value is -1.35. The first-order valence-electron chi connectivity index (χ1n) is 6.41. The highest BCUT2D eigenvalue weighted by Crippen LogP contribution is 2.11. The Morgan fingerprint density at radius 1 is 1.35 bits per heavy atom. The van der Waals surface area contributed by atoms with Crippen molar-refractivity contribution in [2.45, 2.75) is 39.2 Å². The lowest BCUT2D eigenvalue weighted by molar-refractivity contribution is -0.137. The SMILES string of the molecule is CCCc1cccc(CN2NCCCC2=O)c1. The van der Waals surface area contributed by atoms with E-state index in [0.717, 1.165) is 25.8 Å². The van der Waals surface area contributed by atoms with Crippen LogP contribution in [-0.4, -0.2) is 17.5 Å². The second-order valence-electron chi connectivity index (χ2n) is 4.56. The average Bonchev–Trinajstić information content (AvgIpc) is 2.33. The van der Waals surface area contributed by atoms with E-state index in [-0.39, 0.29) is 5.91 Å². The maximum Gasteiger partial charge on any atom is 0.237 e. The summed E-state index contributed by atoms with van der Waals surface area (Å²) < 4.78 is 0. The number of nitrogens with one attached hydrogen (secondary N) is 1. The first-order valence-corrected chi connectivity index (χ1v) is 6.41. The summed E-state index contributed by atoms with van der Waals surface area (Å²) in [5, 5.41) is 1.74. The van der Waals surface area contributed by atoms with Crippen LogP contribution in [-0.2, 0) is 17.8 Å². The van der Waals surface area contributed by atoms with Gasteiger partial charge in [-0.05, 0) is 24.0 Å². The zero-order valence-electron chi connectivity index (χ0n) is 10.4. The number of hydrogen-bond acceptors (Lipinski definition) is 2. The summed E-state index contributed by atoms with van der Waals surface area (Å²) in [5.74, 6) is 0.206. The second-order valence-corrected chi connectivity index (χ2v) is 4.56. The maximum atomic E-state index is 11.7. The van der Waals surface area contributed by atoms with Gasteiger partial charge in [-0.25, -0.2) is 5.43 Å². The largest absolute Gasteiger partial charge is 0.274 e. The number of hydrazine groups is 1. The minimum absolute atomic E-state index is 0.206. The summed E-state index contributed by atoms with van der Waals surface area (Å²) in [6, 6.07) is 8.52. The molecule has 1 N–H and O–H groups in total. The average molecular weight is 232 g/mol. The molecular formula is C14H20N2O. The zero-order valence-corrected chi connectivity index (χ0v) is 10.4. The van der Waals surface area contributed by atoms with E-state index in [0.29, 0.717) is 13.0 Å². The van der Waals surface area contributed by atoms with Crippen LogP contribution in [0.25, 0.3) is 0 Å². The molecular weight excluding hydrogens is 212 g/mol. The van der Waals surface area contributed by atoms with Crippen molar-refractivity contribution in [3.05, 3.63) is 35.4 Å². The molecule has 1 aromatic carbocycles. The van der Waals surface area contributed by atoms with Gasteiger partial charge in [-0.2, -0.15) is 0 Å². The van der Waals surface area contributed by atoms with Crippen molar-refractivity contribution >= 4 is 5.91 Å². The number of aryl methyl sites for hydroxylation is 1. The third-order valence-electron chi connectivity index (χ3n) is 3.04. The van der Waals surface area contributed by atoms with E-state index in [1.165, 1.54) is 11.1 Å². The van der Waals surface area contributed by atoms with E-state index in [4.69, 9.17) is 0 Å². The molecule has 0 bridgehead atoms. The fourth-order valence-corrected chi connectivity index (χ4v) is 2.18. The van der Waals surface area contributed by atoms with E-state index in [9.17, 15) is 4.79 Å². The van der Waals surface area contributed by atoms with Crippen LogP contribution >= 0.6 is 0 Å². The Bertz CT molecular complexity index is 390. The molecule has 2 rings (SSSR count). The van der Waals surface area contributed by atoms with Crippen LogP contribution in [0.5, 0.6) is 0 Å². The third kappa shape index (κ3) is 3.30. The monoisotopic (exact) mass is 232 g/mol. The van der Waals surface area contributed by atoms with Gasteiger partial charge in [-0.15, -0.1) is 0 Å². The lowest BCUT2D eigenvalue weighted by Crippen LogP contribution is -2.46. The van der Waals surface area contributed by atoms with Crippen LogP contribution in [0.3, 0.4) is 0 Å². The van der Waals surface area contributed by atoms with Crippen LogP contribution in [0.15, 0.2) is 24.3 Å². The molecule has 1 saturated heterocycles. The predicted molar refractivity (Wildman–Crippen MR) is 68.2 cm³/mol. The second kappa shape index (κ2) is 5.82. The van der Waals surface area contributed by atoms with Crippen molar-refractivity contribution < 1.29 is 4.79 Å². The molecule has 1 fully saturated rings. The Balaban J connectivity index is 2.01. The molecule has 0 atom stereocenters. The molecule has 1 aromatic rings.